The van der Waals surface area contributed by atoms with Crippen LogP contribution in [0.25, 0.3) is 0 Å². The van der Waals surface area contributed by atoms with E-state index < -0.39 is 38.4 Å². The molecule has 0 aromatic heterocycles. The largest absolute Gasteiger partial charge is 0.416 e. The maximum absolute atomic E-state index is 13.1. The number of aryl methyl sites for hydroxylation is 1. The summed E-state index contributed by atoms with van der Waals surface area (Å²) in [7, 11) is -4.52. The van der Waals surface area contributed by atoms with Crippen molar-refractivity contribution in [1.29, 1.82) is 0 Å². The molecule has 0 bridgehead atoms. The van der Waals surface area contributed by atoms with E-state index in [2.05, 4.69) is 0 Å². The van der Waals surface area contributed by atoms with Crippen molar-refractivity contribution < 1.29 is 34.8 Å². The van der Waals surface area contributed by atoms with E-state index in [4.69, 9.17) is 0 Å². The molecule has 1 saturated heterocycles. The predicted molar refractivity (Wildman–Crippen MR) is 102 cm³/mol. The van der Waals surface area contributed by atoms with Crippen molar-refractivity contribution in [2.24, 2.45) is 0 Å². The maximum atomic E-state index is 13.1. The average molecular weight is 466 g/mol. The molecule has 0 saturated carbocycles. The van der Waals surface area contributed by atoms with E-state index in [-0.39, 0.29) is 31.3 Å². The highest BCUT2D eigenvalue weighted by molar-refractivity contribution is 7.89. The van der Waals surface area contributed by atoms with Crippen molar-refractivity contribution in [2.45, 2.75) is 30.7 Å². The standard InChI is InChI=1S/C20H20F6N2O2S/c1-14-3-2-4-15(9-14)13-27-5-7-28(8-6-27)31(29,30)18-11-16(19(21,22)23)10-17(12-18)20(24,25)26/h2-4,9-12H,5-8,13H2,1H3. The number of alkyl halides is 6. The highest BCUT2D eigenvalue weighted by atomic mass is 32.2. The van der Waals surface area contributed by atoms with Gasteiger partial charge in [0.2, 0.25) is 10.0 Å². The van der Waals surface area contributed by atoms with E-state index in [1.165, 1.54) is 0 Å². The van der Waals surface area contributed by atoms with Gasteiger partial charge < -0.3 is 0 Å². The summed E-state index contributed by atoms with van der Waals surface area (Å²) >= 11 is 0. The first-order valence-corrected chi connectivity index (χ1v) is 10.8. The zero-order chi connectivity index (χ0) is 23.0. The zero-order valence-corrected chi connectivity index (χ0v) is 17.3. The fourth-order valence-corrected chi connectivity index (χ4v) is 4.92. The molecule has 0 aliphatic carbocycles. The van der Waals surface area contributed by atoms with Crippen LogP contribution >= 0.6 is 0 Å². The van der Waals surface area contributed by atoms with Crippen molar-refractivity contribution in [3.8, 4) is 0 Å². The Balaban J connectivity index is 1.81. The monoisotopic (exact) mass is 466 g/mol. The fourth-order valence-electron chi connectivity index (χ4n) is 3.42. The molecule has 0 N–H and O–H groups in total. The SMILES string of the molecule is Cc1cccc(CN2CCN(S(=O)(=O)c3cc(C(F)(F)F)cc(C(F)(F)F)c3)CC2)c1. The second-order valence-corrected chi connectivity index (χ2v) is 9.35. The summed E-state index contributed by atoms with van der Waals surface area (Å²) in [6.07, 6.45) is -10.2. The normalized spacial score (nSPS) is 17.1. The van der Waals surface area contributed by atoms with Crippen LogP contribution in [0.3, 0.4) is 0 Å². The van der Waals surface area contributed by atoms with Crippen molar-refractivity contribution >= 4 is 10.0 Å². The molecule has 0 unspecified atom stereocenters. The van der Waals surface area contributed by atoms with Gasteiger partial charge >= 0.3 is 12.4 Å². The third-order valence-electron chi connectivity index (χ3n) is 5.02. The molecule has 2 aromatic rings. The molecule has 3 rings (SSSR count). The zero-order valence-electron chi connectivity index (χ0n) is 16.5. The van der Waals surface area contributed by atoms with Gasteiger partial charge in [0.1, 0.15) is 0 Å². The van der Waals surface area contributed by atoms with Crippen LogP contribution in [-0.4, -0.2) is 43.8 Å². The summed E-state index contributed by atoms with van der Waals surface area (Å²) < 4.78 is 105. The average Bonchev–Trinajstić information content (AvgIpc) is 2.67. The minimum absolute atomic E-state index is 0.0360. The van der Waals surface area contributed by atoms with Crippen LogP contribution in [0, 0.1) is 6.92 Å². The van der Waals surface area contributed by atoms with Gasteiger partial charge in [-0.15, -0.1) is 0 Å². The Bertz CT molecular complexity index is 1010. The van der Waals surface area contributed by atoms with E-state index in [0.29, 0.717) is 19.6 Å². The van der Waals surface area contributed by atoms with Crippen LogP contribution in [0.5, 0.6) is 0 Å². The molecule has 0 radical (unpaired) electrons. The van der Waals surface area contributed by atoms with Gasteiger partial charge in [-0.3, -0.25) is 4.90 Å². The van der Waals surface area contributed by atoms with E-state index in [1.54, 1.807) is 0 Å². The molecule has 1 fully saturated rings. The summed E-state index contributed by atoms with van der Waals surface area (Å²) in [5, 5.41) is 0. The highest BCUT2D eigenvalue weighted by Gasteiger charge is 2.39. The number of hydrogen-bond donors (Lipinski definition) is 0. The van der Waals surface area contributed by atoms with Gasteiger partial charge in [-0.05, 0) is 30.7 Å². The van der Waals surface area contributed by atoms with Gasteiger partial charge in [0.05, 0.1) is 16.0 Å². The summed E-state index contributed by atoms with van der Waals surface area (Å²) in [4.78, 5) is 0.968. The van der Waals surface area contributed by atoms with E-state index in [0.717, 1.165) is 15.4 Å². The molecule has 0 spiro atoms. The lowest BCUT2D eigenvalue weighted by Gasteiger charge is -2.34. The van der Waals surface area contributed by atoms with Crippen LogP contribution < -0.4 is 0 Å². The van der Waals surface area contributed by atoms with Crippen LogP contribution in [0.2, 0.25) is 0 Å². The quantitative estimate of drug-likeness (QED) is 0.622. The van der Waals surface area contributed by atoms with E-state index in [9.17, 15) is 34.8 Å². The lowest BCUT2D eigenvalue weighted by Crippen LogP contribution is -2.48. The van der Waals surface area contributed by atoms with E-state index >= 15 is 0 Å². The number of piperazine rings is 1. The first-order chi connectivity index (χ1) is 14.3. The molecule has 4 nitrogen and oxygen atoms in total. The molecule has 0 amide bonds. The summed E-state index contributed by atoms with van der Waals surface area (Å²) in [5.41, 5.74) is -1.20. The molecule has 1 heterocycles. The third kappa shape index (κ3) is 5.58. The van der Waals surface area contributed by atoms with Crippen LogP contribution in [0.15, 0.2) is 47.4 Å². The fraction of sp³-hybridized carbons (Fsp3) is 0.400. The first kappa shape index (κ1) is 23.6. The van der Waals surface area contributed by atoms with Crippen molar-refractivity contribution in [2.75, 3.05) is 26.2 Å². The Morgan fingerprint density at radius 2 is 1.39 bits per heavy atom. The molecule has 31 heavy (non-hydrogen) atoms. The number of benzene rings is 2. The Labute approximate surface area is 176 Å². The van der Waals surface area contributed by atoms with Gasteiger partial charge in [0.25, 0.3) is 0 Å². The maximum Gasteiger partial charge on any atom is 0.416 e. The molecule has 0 atom stereocenters. The van der Waals surface area contributed by atoms with Crippen molar-refractivity contribution in [3.05, 3.63) is 64.7 Å². The Morgan fingerprint density at radius 1 is 0.839 bits per heavy atom. The second kappa shape index (κ2) is 8.44. The first-order valence-electron chi connectivity index (χ1n) is 9.34. The predicted octanol–water partition coefficient (Wildman–Crippen LogP) is 4.54. The molecule has 2 aromatic carbocycles. The number of halogens is 6. The van der Waals surface area contributed by atoms with Crippen LogP contribution in [0.4, 0.5) is 26.3 Å². The highest BCUT2D eigenvalue weighted by Crippen LogP contribution is 2.37. The topological polar surface area (TPSA) is 40.6 Å². The van der Waals surface area contributed by atoms with Gasteiger partial charge in [0, 0.05) is 32.7 Å². The number of sulfonamides is 1. The van der Waals surface area contributed by atoms with Crippen LogP contribution in [-0.2, 0) is 28.9 Å². The van der Waals surface area contributed by atoms with Gasteiger partial charge in [-0.2, -0.15) is 30.6 Å². The second-order valence-electron chi connectivity index (χ2n) is 7.41. The summed E-state index contributed by atoms with van der Waals surface area (Å²) in [5.74, 6) is 0. The number of hydrogen-bond acceptors (Lipinski definition) is 3. The Hall–Kier alpha value is -2.11. The van der Waals surface area contributed by atoms with Crippen molar-refractivity contribution in [1.82, 2.24) is 9.21 Å². The third-order valence-corrected chi connectivity index (χ3v) is 6.90. The van der Waals surface area contributed by atoms with Crippen LogP contribution in [0.1, 0.15) is 22.3 Å². The van der Waals surface area contributed by atoms with Crippen molar-refractivity contribution in [3.63, 3.8) is 0 Å². The molecule has 170 valence electrons. The van der Waals surface area contributed by atoms with Gasteiger partial charge in [-0.25, -0.2) is 8.42 Å². The minimum Gasteiger partial charge on any atom is -0.296 e. The minimum atomic E-state index is -5.11. The van der Waals surface area contributed by atoms with Gasteiger partial charge in [-0.1, -0.05) is 29.8 Å². The Morgan fingerprint density at radius 3 is 1.87 bits per heavy atom. The molecular formula is C20H20F6N2O2S. The molecule has 1 aliphatic rings. The lowest BCUT2D eigenvalue weighted by atomic mass is 10.1. The van der Waals surface area contributed by atoms with E-state index in [1.807, 2.05) is 36.1 Å². The smallest absolute Gasteiger partial charge is 0.296 e. The molecule has 1 aliphatic heterocycles. The number of nitrogens with zero attached hydrogens (tertiary/aromatic N) is 2. The lowest BCUT2D eigenvalue weighted by molar-refractivity contribution is -0.143. The molecule has 11 heteroatoms. The van der Waals surface area contributed by atoms with Gasteiger partial charge in [0.15, 0.2) is 0 Å². The summed E-state index contributed by atoms with van der Waals surface area (Å²) in [6.45, 7) is 3.05. The summed E-state index contributed by atoms with van der Waals surface area (Å²) in [6, 6.07) is 8.18. The molecular weight excluding hydrogens is 446 g/mol. The number of rotatable bonds is 4. The Kier molecular flexibility index (Phi) is 6.41.